The van der Waals surface area contributed by atoms with Gasteiger partial charge in [0.05, 0.1) is 11.3 Å². The van der Waals surface area contributed by atoms with Crippen molar-refractivity contribution in [2.75, 3.05) is 17.2 Å². The highest BCUT2D eigenvalue weighted by Crippen LogP contribution is 2.31. The molecular weight excluding hydrogens is 389 g/mol. The van der Waals surface area contributed by atoms with Gasteiger partial charge in [0.15, 0.2) is 0 Å². The third-order valence-electron chi connectivity index (χ3n) is 4.34. The number of benzene rings is 2. The quantitative estimate of drug-likeness (QED) is 0.728. The molecule has 0 radical (unpaired) electrons. The Morgan fingerprint density at radius 2 is 1.89 bits per heavy atom. The van der Waals surface area contributed by atoms with E-state index in [0.717, 1.165) is 48.1 Å². The molecule has 2 amide bonds. The van der Waals surface area contributed by atoms with E-state index in [1.165, 1.54) is 6.07 Å². The number of hydrogen-bond donors (Lipinski definition) is 1. The molecular formula is C20H19F3N2O2S. The Bertz CT molecular complexity index is 853. The van der Waals surface area contributed by atoms with Gasteiger partial charge in [-0.2, -0.15) is 13.2 Å². The van der Waals surface area contributed by atoms with Gasteiger partial charge in [0.25, 0.3) is 0 Å². The van der Waals surface area contributed by atoms with Crippen molar-refractivity contribution in [3.63, 3.8) is 0 Å². The van der Waals surface area contributed by atoms with E-state index < -0.39 is 11.7 Å². The number of nitrogens with zero attached hydrogens (tertiary/aromatic N) is 1. The lowest BCUT2D eigenvalue weighted by molar-refractivity contribution is -0.137. The average molecular weight is 408 g/mol. The van der Waals surface area contributed by atoms with Crippen molar-refractivity contribution in [2.24, 2.45) is 0 Å². The second-order valence-electron chi connectivity index (χ2n) is 6.41. The summed E-state index contributed by atoms with van der Waals surface area (Å²) in [5, 5.41) is 2.75. The van der Waals surface area contributed by atoms with Crippen LogP contribution in [0.3, 0.4) is 0 Å². The van der Waals surface area contributed by atoms with Crippen LogP contribution in [0.2, 0.25) is 0 Å². The molecule has 148 valence electrons. The molecule has 0 atom stereocenters. The summed E-state index contributed by atoms with van der Waals surface area (Å²) in [7, 11) is 0. The molecule has 0 aromatic heterocycles. The molecule has 1 aliphatic rings. The van der Waals surface area contributed by atoms with E-state index >= 15 is 0 Å². The summed E-state index contributed by atoms with van der Waals surface area (Å²) < 4.78 is 38.1. The summed E-state index contributed by atoms with van der Waals surface area (Å²) in [4.78, 5) is 25.9. The first-order chi connectivity index (χ1) is 13.3. The first-order valence-electron chi connectivity index (χ1n) is 8.79. The van der Waals surface area contributed by atoms with Gasteiger partial charge in [0.2, 0.25) is 11.8 Å². The van der Waals surface area contributed by atoms with Gasteiger partial charge in [-0.1, -0.05) is 18.2 Å². The first-order valence-corrected chi connectivity index (χ1v) is 9.77. The van der Waals surface area contributed by atoms with Gasteiger partial charge < -0.3 is 10.2 Å². The van der Waals surface area contributed by atoms with Crippen LogP contribution in [0.5, 0.6) is 0 Å². The minimum Gasteiger partial charge on any atom is -0.351 e. The fourth-order valence-corrected chi connectivity index (χ4v) is 3.66. The molecule has 1 aliphatic heterocycles. The predicted molar refractivity (Wildman–Crippen MR) is 102 cm³/mol. The molecule has 2 aromatic carbocycles. The number of rotatable bonds is 6. The Balaban J connectivity index is 1.47. The van der Waals surface area contributed by atoms with Gasteiger partial charge in [-0.25, -0.2) is 0 Å². The standard InChI is InChI=1S/C20H19F3N2O2S/c21-20(22,23)15-3-1-4-17(11-15)28-13-18(26)24-12-14-6-8-16(9-7-14)25-10-2-5-19(25)27/h1,3-4,6-9,11H,2,5,10,12-13H2,(H,24,26). The molecule has 0 bridgehead atoms. The normalized spacial score (nSPS) is 14.4. The van der Waals surface area contributed by atoms with Crippen LogP contribution in [0.15, 0.2) is 53.4 Å². The molecule has 0 unspecified atom stereocenters. The lowest BCUT2D eigenvalue weighted by atomic mass is 10.2. The van der Waals surface area contributed by atoms with Crippen molar-refractivity contribution in [1.82, 2.24) is 5.32 Å². The van der Waals surface area contributed by atoms with E-state index in [-0.39, 0.29) is 17.6 Å². The smallest absolute Gasteiger partial charge is 0.351 e. The van der Waals surface area contributed by atoms with Crippen LogP contribution in [0.25, 0.3) is 0 Å². The van der Waals surface area contributed by atoms with E-state index in [9.17, 15) is 22.8 Å². The molecule has 0 aliphatic carbocycles. The van der Waals surface area contributed by atoms with Crippen molar-refractivity contribution in [3.05, 3.63) is 59.7 Å². The highest BCUT2D eigenvalue weighted by molar-refractivity contribution is 8.00. The number of anilines is 1. The molecule has 1 heterocycles. The summed E-state index contributed by atoms with van der Waals surface area (Å²) in [5.74, 6) is -0.115. The summed E-state index contributed by atoms with van der Waals surface area (Å²) in [6.07, 6.45) is -2.97. The monoisotopic (exact) mass is 408 g/mol. The maximum atomic E-state index is 12.7. The van der Waals surface area contributed by atoms with Crippen LogP contribution >= 0.6 is 11.8 Å². The Morgan fingerprint density at radius 3 is 2.54 bits per heavy atom. The van der Waals surface area contributed by atoms with Gasteiger partial charge in [0, 0.05) is 30.1 Å². The van der Waals surface area contributed by atoms with Gasteiger partial charge >= 0.3 is 6.18 Å². The van der Waals surface area contributed by atoms with Crippen molar-refractivity contribution in [2.45, 2.75) is 30.5 Å². The fourth-order valence-electron chi connectivity index (χ4n) is 2.88. The topological polar surface area (TPSA) is 49.4 Å². The second-order valence-corrected chi connectivity index (χ2v) is 7.46. The van der Waals surface area contributed by atoms with Crippen LogP contribution < -0.4 is 10.2 Å². The molecule has 8 heteroatoms. The molecule has 2 aromatic rings. The number of nitrogens with one attached hydrogen (secondary N) is 1. The van der Waals surface area contributed by atoms with E-state index in [1.54, 1.807) is 11.0 Å². The Kier molecular flexibility index (Phi) is 6.28. The summed E-state index contributed by atoms with van der Waals surface area (Å²) in [5.41, 5.74) is 1.000. The van der Waals surface area contributed by atoms with Crippen LogP contribution in [0, 0.1) is 0 Å². The van der Waals surface area contributed by atoms with Gasteiger partial charge in [0.1, 0.15) is 0 Å². The first kappa shape index (κ1) is 20.3. The summed E-state index contributed by atoms with van der Waals surface area (Å²) in [6, 6.07) is 12.3. The molecule has 0 saturated carbocycles. The van der Waals surface area contributed by atoms with Crippen LogP contribution in [-0.2, 0) is 22.3 Å². The van der Waals surface area contributed by atoms with E-state index in [4.69, 9.17) is 0 Å². The highest BCUT2D eigenvalue weighted by atomic mass is 32.2. The average Bonchev–Trinajstić information content (AvgIpc) is 3.10. The minimum absolute atomic E-state index is 0.0294. The molecule has 0 spiro atoms. The third kappa shape index (κ3) is 5.28. The zero-order valence-electron chi connectivity index (χ0n) is 15.0. The van der Waals surface area contributed by atoms with Crippen LogP contribution in [-0.4, -0.2) is 24.1 Å². The zero-order valence-corrected chi connectivity index (χ0v) is 15.8. The van der Waals surface area contributed by atoms with Gasteiger partial charge in [-0.3, -0.25) is 9.59 Å². The van der Waals surface area contributed by atoms with Crippen molar-refractivity contribution in [1.29, 1.82) is 0 Å². The number of alkyl halides is 3. The Hall–Kier alpha value is -2.48. The molecule has 4 nitrogen and oxygen atoms in total. The Morgan fingerprint density at radius 1 is 1.14 bits per heavy atom. The SMILES string of the molecule is O=C(CSc1cccc(C(F)(F)F)c1)NCc1ccc(N2CCCC2=O)cc1. The van der Waals surface area contributed by atoms with Crippen molar-refractivity contribution in [3.8, 4) is 0 Å². The second kappa shape index (κ2) is 8.68. The number of hydrogen-bond acceptors (Lipinski definition) is 3. The zero-order chi connectivity index (χ0) is 20.1. The maximum absolute atomic E-state index is 12.7. The molecule has 28 heavy (non-hydrogen) atoms. The number of carbonyl (C=O) groups is 2. The predicted octanol–water partition coefficient (Wildman–Crippen LogP) is 4.24. The van der Waals surface area contributed by atoms with E-state index in [0.29, 0.717) is 17.9 Å². The molecule has 1 fully saturated rings. The van der Waals surface area contributed by atoms with E-state index in [1.807, 2.05) is 24.3 Å². The third-order valence-corrected chi connectivity index (χ3v) is 5.34. The highest BCUT2D eigenvalue weighted by Gasteiger charge is 2.30. The van der Waals surface area contributed by atoms with Crippen molar-refractivity contribution < 1.29 is 22.8 Å². The fraction of sp³-hybridized carbons (Fsp3) is 0.300. The maximum Gasteiger partial charge on any atom is 0.416 e. The van der Waals surface area contributed by atoms with Crippen LogP contribution in [0.4, 0.5) is 18.9 Å². The molecule has 3 rings (SSSR count). The summed E-state index contributed by atoms with van der Waals surface area (Å²) >= 11 is 1.06. The Labute approximate surface area is 165 Å². The number of amides is 2. The molecule has 1 saturated heterocycles. The summed E-state index contributed by atoms with van der Waals surface area (Å²) in [6.45, 7) is 1.04. The lowest BCUT2D eigenvalue weighted by Gasteiger charge is -2.16. The van der Waals surface area contributed by atoms with Gasteiger partial charge in [-0.05, 0) is 42.3 Å². The lowest BCUT2D eigenvalue weighted by Crippen LogP contribution is -2.25. The largest absolute Gasteiger partial charge is 0.416 e. The van der Waals surface area contributed by atoms with E-state index in [2.05, 4.69) is 5.32 Å². The number of halogens is 3. The van der Waals surface area contributed by atoms with Crippen LogP contribution in [0.1, 0.15) is 24.0 Å². The minimum atomic E-state index is -4.40. The number of carbonyl (C=O) groups excluding carboxylic acids is 2. The number of thioether (sulfide) groups is 1. The van der Waals surface area contributed by atoms with Crippen molar-refractivity contribution >= 4 is 29.3 Å². The molecule has 1 N–H and O–H groups in total. The van der Waals surface area contributed by atoms with Gasteiger partial charge in [-0.15, -0.1) is 11.8 Å².